The standard InChI is InChI=1S/C16H12ClN5OS2/c1-22-14(12-3-2-8-24-12)19-20-16(22)25-9-13-18-15(23-21-13)10-4-6-11(17)7-5-10/h2-8H,9H2,1H3. The third-order valence-electron chi connectivity index (χ3n) is 3.47. The second-order valence-corrected chi connectivity index (χ2v) is 7.48. The smallest absolute Gasteiger partial charge is 0.257 e. The van der Waals surface area contributed by atoms with Crippen LogP contribution in [0.25, 0.3) is 22.2 Å². The Morgan fingerprint density at radius 1 is 1.20 bits per heavy atom. The molecule has 0 atom stereocenters. The van der Waals surface area contributed by atoms with Crippen LogP contribution in [-0.2, 0) is 12.8 Å². The molecule has 4 rings (SSSR count). The monoisotopic (exact) mass is 389 g/mol. The second-order valence-electron chi connectivity index (χ2n) is 5.15. The number of halogens is 1. The first kappa shape index (κ1) is 16.3. The number of benzene rings is 1. The van der Waals surface area contributed by atoms with Crippen LogP contribution in [0.5, 0.6) is 0 Å². The third kappa shape index (κ3) is 3.46. The average Bonchev–Trinajstić information content (AvgIpc) is 3.34. The maximum atomic E-state index is 5.89. The first-order valence-electron chi connectivity index (χ1n) is 7.35. The molecule has 0 saturated carbocycles. The Labute approximate surface area is 156 Å². The van der Waals surface area contributed by atoms with Crippen LogP contribution in [0.1, 0.15) is 5.82 Å². The predicted molar refractivity (Wildman–Crippen MR) is 98.6 cm³/mol. The Hall–Kier alpha value is -2.16. The Balaban J connectivity index is 1.46. The fourth-order valence-corrected chi connectivity index (χ4v) is 3.84. The highest BCUT2D eigenvalue weighted by Gasteiger charge is 2.14. The van der Waals surface area contributed by atoms with Gasteiger partial charge in [-0.05, 0) is 35.7 Å². The van der Waals surface area contributed by atoms with Crippen molar-refractivity contribution >= 4 is 34.7 Å². The van der Waals surface area contributed by atoms with Crippen LogP contribution in [0.15, 0.2) is 51.5 Å². The van der Waals surface area contributed by atoms with Crippen LogP contribution in [0.2, 0.25) is 5.02 Å². The number of thiophene rings is 1. The Bertz CT molecular complexity index is 979. The van der Waals surface area contributed by atoms with Gasteiger partial charge in [-0.3, -0.25) is 0 Å². The van der Waals surface area contributed by atoms with Gasteiger partial charge >= 0.3 is 0 Å². The summed E-state index contributed by atoms with van der Waals surface area (Å²) in [5.74, 6) is 2.49. The van der Waals surface area contributed by atoms with E-state index in [-0.39, 0.29) is 0 Å². The molecule has 0 radical (unpaired) electrons. The van der Waals surface area contributed by atoms with Gasteiger partial charge in [0.1, 0.15) is 0 Å². The van der Waals surface area contributed by atoms with E-state index in [0.29, 0.717) is 22.5 Å². The molecule has 126 valence electrons. The van der Waals surface area contributed by atoms with Crippen LogP contribution >= 0.6 is 34.7 Å². The van der Waals surface area contributed by atoms with Crippen molar-refractivity contribution < 1.29 is 4.52 Å². The van der Waals surface area contributed by atoms with Crippen molar-refractivity contribution in [2.75, 3.05) is 0 Å². The van der Waals surface area contributed by atoms with E-state index in [4.69, 9.17) is 16.1 Å². The van der Waals surface area contributed by atoms with Crippen molar-refractivity contribution in [3.63, 3.8) is 0 Å². The van der Waals surface area contributed by atoms with Crippen molar-refractivity contribution in [3.8, 4) is 22.2 Å². The van der Waals surface area contributed by atoms with E-state index in [1.54, 1.807) is 23.5 Å². The van der Waals surface area contributed by atoms with Crippen molar-refractivity contribution in [1.29, 1.82) is 0 Å². The molecule has 1 aromatic carbocycles. The summed E-state index contributed by atoms with van der Waals surface area (Å²) in [5.41, 5.74) is 0.840. The van der Waals surface area contributed by atoms with Gasteiger partial charge in [-0.15, -0.1) is 21.5 Å². The molecule has 4 aromatic rings. The number of aromatic nitrogens is 5. The third-order valence-corrected chi connectivity index (χ3v) is 5.60. The zero-order valence-electron chi connectivity index (χ0n) is 13.1. The van der Waals surface area contributed by atoms with Gasteiger partial charge in [0.15, 0.2) is 16.8 Å². The summed E-state index contributed by atoms with van der Waals surface area (Å²) >= 11 is 9.05. The van der Waals surface area contributed by atoms with Crippen LogP contribution in [0, 0.1) is 0 Å². The van der Waals surface area contributed by atoms with Gasteiger partial charge in [0.25, 0.3) is 5.89 Å². The van der Waals surface area contributed by atoms with E-state index in [1.807, 2.05) is 41.3 Å². The van der Waals surface area contributed by atoms with Crippen molar-refractivity contribution in [1.82, 2.24) is 24.9 Å². The van der Waals surface area contributed by atoms with Gasteiger partial charge in [-0.1, -0.05) is 34.6 Å². The molecule has 9 heteroatoms. The summed E-state index contributed by atoms with van der Waals surface area (Å²) in [6, 6.07) is 11.3. The lowest BCUT2D eigenvalue weighted by Gasteiger charge is -2.00. The quantitative estimate of drug-likeness (QED) is 0.467. The van der Waals surface area contributed by atoms with Crippen LogP contribution in [0.3, 0.4) is 0 Å². The summed E-state index contributed by atoms with van der Waals surface area (Å²) < 4.78 is 7.28. The minimum absolute atomic E-state index is 0.476. The fourth-order valence-electron chi connectivity index (χ4n) is 2.21. The molecule has 0 unspecified atom stereocenters. The summed E-state index contributed by atoms with van der Waals surface area (Å²) in [6.07, 6.45) is 0. The topological polar surface area (TPSA) is 69.6 Å². The fraction of sp³-hybridized carbons (Fsp3) is 0.125. The first-order chi connectivity index (χ1) is 12.2. The molecule has 0 aliphatic heterocycles. The molecule has 0 bridgehead atoms. The largest absolute Gasteiger partial charge is 0.334 e. The Kier molecular flexibility index (Phi) is 4.56. The summed E-state index contributed by atoms with van der Waals surface area (Å²) in [5, 5.41) is 16.0. The zero-order chi connectivity index (χ0) is 17.2. The molecular formula is C16H12ClN5OS2. The number of hydrogen-bond donors (Lipinski definition) is 0. The lowest BCUT2D eigenvalue weighted by Crippen LogP contribution is -1.94. The summed E-state index contributed by atoms with van der Waals surface area (Å²) in [6.45, 7) is 0. The summed E-state index contributed by atoms with van der Waals surface area (Å²) in [7, 11) is 1.95. The number of nitrogens with zero attached hydrogens (tertiary/aromatic N) is 5. The summed E-state index contributed by atoms with van der Waals surface area (Å²) in [4.78, 5) is 5.50. The van der Waals surface area contributed by atoms with E-state index >= 15 is 0 Å². The van der Waals surface area contributed by atoms with E-state index in [2.05, 4.69) is 20.3 Å². The van der Waals surface area contributed by atoms with Crippen molar-refractivity contribution in [3.05, 3.63) is 52.6 Å². The van der Waals surface area contributed by atoms with Gasteiger partial charge < -0.3 is 9.09 Å². The molecular weight excluding hydrogens is 378 g/mol. The van der Waals surface area contributed by atoms with E-state index in [0.717, 1.165) is 21.4 Å². The Morgan fingerprint density at radius 3 is 2.80 bits per heavy atom. The number of hydrogen-bond acceptors (Lipinski definition) is 7. The van der Waals surface area contributed by atoms with Gasteiger partial charge in [0.05, 0.1) is 10.6 Å². The molecule has 3 aromatic heterocycles. The highest BCUT2D eigenvalue weighted by atomic mass is 35.5. The molecule has 0 aliphatic rings. The number of rotatable bonds is 5. The van der Waals surface area contributed by atoms with Crippen molar-refractivity contribution in [2.24, 2.45) is 7.05 Å². The average molecular weight is 390 g/mol. The lowest BCUT2D eigenvalue weighted by molar-refractivity contribution is 0.425. The van der Waals surface area contributed by atoms with Crippen molar-refractivity contribution in [2.45, 2.75) is 10.9 Å². The SMILES string of the molecule is Cn1c(SCc2noc(-c3ccc(Cl)cc3)n2)nnc1-c1cccs1. The molecule has 0 fully saturated rings. The molecule has 0 amide bonds. The normalized spacial score (nSPS) is 11.1. The van der Waals surface area contributed by atoms with Gasteiger partial charge in [0, 0.05) is 17.6 Å². The molecule has 25 heavy (non-hydrogen) atoms. The van der Waals surface area contributed by atoms with E-state index < -0.39 is 0 Å². The lowest BCUT2D eigenvalue weighted by atomic mass is 10.2. The van der Waals surface area contributed by atoms with Gasteiger partial charge in [0.2, 0.25) is 0 Å². The molecule has 0 saturated heterocycles. The highest BCUT2D eigenvalue weighted by Crippen LogP contribution is 2.28. The first-order valence-corrected chi connectivity index (χ1v) is 9.59. The molecule has 6 nitrogen and oxygen atoms in total. The van der Waals surface area contributed by atoms with Crippen LogP contribution < -0.4 is 0 Å². The van der Waals surface area contributed by atoms with E-state index in [1.165, 1.54) is 11.8 Å². The minimum Gasteiger partial charge on any atom is -0.334 e. The molecule has 0 aliphatic carbocycles. The maximum absolute atomic E-state index is 5.89. The zero-order valence-corrected chi connectivity index (χ0v) is 15.5. The molecule has 3 heterocycles. The minimum atomic E-state index is 0.476. The maximum Gasteiger partial charge on any atom is 0.257 e. The highest BCUT2D eigenvalue weighted by molar-refractivity contribution is 7.98. The van der Waals surface area contributed by atoms with Gasteiger partial charge in [-0.25, -0.2) is 0 Å². The second kappa shape index (κ2) is 6.99. The van der Waals surface area contributed by atoms with E-state index in [9.17, 15) is 0 Å². The van der Waals surface area contributed by atoms with Crippen LogP contribution in [-0.4, -0.2) is 24.9 Å². The Morgan fingerprint density at radius 2 is 2.04 bits per heavy atom. The molecule has 0 spiro atoms. The number of thioether (sulfide) groups is 1. The molecule has 0 N–H and O–H groups in total. The van der Waals surface area contributed by atoms with Gasteiger partial charge in [-0.2, -0.15) is 4.98 Å². The predicted octanol–water partition coefficient (Wildman–Crippen LogP) is 4.54. The van der Waals surface area contributed by atoms with Crippen LogP contribution in [0.4, 0.5) is 0 Å².